The first-order valence-electron chi connectivity index (χ1n) is 9.48. The van der Waals surface area contributed by atoms with Crippen LogP contribution in [0.4, 0.5) is 10.5 Å². The Morgan fingerprint density at radius 1 is 0.967 bits per heavy atom. The summed E-state index contributed by atoms with van der Waals surface area (Å²) in [5.74, 6) is 1.77. The topological polar surface area (TPSA) is 63.3 Å². The summed E-state index contributed by atoms with van der Waals surface area (Å²) in [5.41, 5.74) is 1.78. The number of halogens is 2. The van der Waals surface area contributed by atoms with Gasteiger partial charge in [-0.1, -0.05) is 29.3 Å². The molecule has 3 rings (SSSR count). The summed E-state index contributed by atoms with van der Waals surface area (Å²) in [7, 11) is 4.77. The number of hydrogen-bond donors (Lipinski definition) is 1. The van der Waals surface area contributed by atoms with Gasteiger partial charge in [0.25, 0.3) is 0 Å². The summed E-state index contributed by atoms with van der Waals surface area (Å²) in [4.78, 5) is 16.5. The molecule has 1 aliphatic heterocycles. The van der Waals surface area contributed by atoms with E-state index >= 15 is 0 Å². The molecule has 1 fully saturated rings. The van der Waals surface area contributed by atoms with Gasteiger partial charge in [-0.2, -0.15) is 0 Å². The molecule has 0 atom stereocenters. The lowest BCUT2D eigenvalue weighted by Crippen LogP contribution is -2.51. The van der Waals surface area contributed by atoms with Gasteiger partial charge in [-0.3, -0.25) is 0 Å². The SMILES string of the molecule is COc1cc(N2CCN(C(=O)NCc3ccc(Cl)cc3Cl)CC2)cc(OC)c1OC. The molecule has 0 aliphatic carbocycles. The number of carbonyl (C=O) groups excluding carboxylic acids is 1. The molecule has 1 aliphatic rings. The molecular weight excluding hydrogens is 429 g/mol. The zero-order valence-electron chi connectivity index (χ0n) is 17.2. The van der Waals surface area contributed by atoms with E-state index in [0.29, 0.717) is 60.0 Å². The molecule has 1 N–H and O–H groups in total. The molecule has 30 heavy (non-hydrogen) atoms. The van der Waals surface area contributed by atoms with Crippen LogP contribution in [0.15, 0.2) is 30.3 Å². The Hall–Kier alpha value is -2.51. The fourth-order valence-corrected chi connectivity index (χ4v) is 3.84. The zero-order chi connectivity index (χ0) is 21.7. The molecule has 0 saturated carbocycles. The molecule has 0 aromatic heterocycles. The summed E-state index contributed by atoms with van der Waals surface area (Å²) in [6, 6.07) is 8.95. The third-order valence-corrected chi connectivity index (χ3v) is 5.61. The number of amides is 2. The monoisotopic (exact) mass is 453 g/mol. The predicted molar refractivity (Wildman–Crippen MR) is 119 cm³/mol. The van der Waals surface area contributed by atoms with Crippen LogP contribution in [0.25, 0.3) is 0 Å². The van der Waals surface area contributed by atoms with E-state index in [0.717, 1.165) is 11.3 Å². The number of methoxy groups -OCH3 is 3. The van der Waals surface area contributed by atoms with Crippen molar-refractivity contribution >= 4 is 34.9 Å². The lowest BCUT2D eigenvalue weighted by Gasteiger charge is -2.36. The Kier molecular flexibility index (Phi) is 7.39. The van der Waals surface area contributed by atoms with Crippen LogP contribution in [-0.4, -0.2) is 58.4 Å². The molecule has 2 amide bonds. The number of rotatable bonds is 6. The number of ether oxygens (including phenoxy) is 3. The molecule has 0 bridgehead atoms. The lowest BCUT2D eigenvalue weighted by atomic mass is 10.2. The van der Waals surface area contributed by atoms with Gasteiger partial charge in [0.05, 0.1) is 21.3 Å². The highest BCUT2D eigenvalue weighted by Gasteiger charge is 2.23. The highest BCUT2D eigenvalue weighted by atomic mass is 35.5. The van der Waals surface area contributed by atoms with Gasteiger partial charge in [-0.15, -0.1) is 0 Å². The molecule has 1 heterocycles. The van der Waals surface area contributed by atoms with Crippen molar-refractivity contribution in [1.82, 2.24) is 10.2 Å². The number of carbonyl (C=O) groups is 1. The first kappa shape index (κ1) is 22.2. The highest BCUT2D eigenvalue weighted by molar-refractivity contribution is 6.35. The van der Waals surface area contributed by atoms with E-state index < -0.39 is 0 Å². The summed E-state index contributed by atoms with van der Waals surface area (Å²) >= 11 is 12.1. The van der Waals surface area contributed by atoms with Crippen LogP contribution >= 0.6 is 23.2 Å². The predicted octanol–water partition coefficient (Wildman–Crippen LogP) is 4.05. The van der Waals surface area contributed by atoms with Gasteiger partial charge in [0.1, 0.15) is 0 Å². The molecule has 162 valence electrons. The van der Waals surface area contributed by atoms with Gasteiger partial charge >= 0.3 is 6.03 Å². The standard InChI is InChI=1S/C21H25Cl2N3O4/c1-28-18-11-16(12-19(29-2)20(18)30-3)25-6-8-26(9-7-25)21(27)24-13-14-4-5-15(22)10-17(14)23/h4-5,10-12H,6-9,13H2,1-3H3,(H,24,27). The van der Waals surface area contributed by atoms with E-state index in [4.69, 9.17) is 37.4 Å². The maximum atomic E-state index is 12.5. The average molecular weight is 454 g/mol. The summed E-state index contributed by atoms with van der Waals surface area (Å²) < 4.78 is 16.3. The van der Waals surface area contributed by atoms with Crippen molar-refractivity contribution in [2.45, 2.75) is 6.54 Å². The van der Waals surface area contributed by atoms with E-state index in [9.17, 15) is 4.79 Å². The van der Waals surface area contributed by atoms with Crippen LogP contribution in [-0.2, 0) is 6.54 Å². The van der Waals surface area contributed by atoms with Crippen molar-refractivity contribution in [1.29, 1.82) is 0 Å². The van der Waals surface area contributed by atoms with Gasteiger partial charge in [-0.05, 0) is 17.7 Å². The van der Waals surface area contributed by atoms with Gasteiger partial charge in [-0.25, -0.2) is 4.79 Å². The molecule has 0 radical (unpaired) electrons. The van der Waals surface area contributed by atoms with Crippen molar-refractivity contribution < 1.29 is 19.0 Å². The molecule has 0 spiro atoms. The first-order valence-corrected chi connectivity index (χ1v) is 10.2. The second kappa shape index (κ2) is 10.00. The van der Waals surface area contributed by atoms with Crippen LogP contribution in [0.1, 0.15) is 5.56 Å². The smallest absolute Gasteiger partial charge is 0.317 e. The van der Waals surface area contributed by atoms with Crippen LogP contribution in [0, 0.1) is 0 Å². The van der Waals surface area contributed by atoms with Crippen molar-refractivity contribution in [2.75, 3.05) is 52.4 Å². The van der Waals surface area contributed by atoms with Crippen LogP contribution in [0.5, 0.6) is 17.2 Å². The normalized spacial score (nSPS) is 13.8. The Bertz CT molecular complexity index is 877. The van der Waals surface area contributed by atoms with Crippen LogP contribution in [0.3, 0.4) is 0 Å². The van der Waals surface area contributed by atoms with Gasteiger partial charge in [0.2, 0.25) is 5.75 Å². The van der Waals surface area contributed by atoms with E-state index in [-0.39, 0.29) is 6.03 Å². The Labute approximate surface area is 186 Å². The van der Waals surface area contributed by atoms with Gasteiger partial charge in [0, 0.05) is 60.6 Å². The fraction of sp³-hybridized carbons (Fsp3) is 0.381. The summed E-state index contributed by atoms with van der Waals surface area (Å²) in [6.45, 7) is 2.91. The number of hydrogen-bond acceptors (Lipinski definition) is 5. The van der Waals surface area contributed by atoms with Crippen LogP contribution in [0.2, 0.25) is 10.0 Å². The Balaban J connectivity index is 1.59. The lowest BCUT2D eigenvalue weighted by molar-refractivity contribution is 0.194. The van der Waals surface area contributed by atoms with Gasteiger partial charge < -0.3 is 29.3 Å². The maximum absolute atomic E-state index is 12.5. The third-order valence-electron chi connectivity index (χ3n) is 5.03. The maximum Gasteiger partial charge on any atom is 0.317 e. The second-order valence-corrected chi connectivity index (χ2v) is 7.60. The van der Waals surface area contributed by atoms with Crippen LogP contribution < -0.4 is 24.4 Å². The number of urea groups is 1. The number of nitrogens with zero attached hydrogens (tertiary/aromatic N) is 2. The van der Waals surface area contributed by atoms with Crippen molar-refractivity contribution in [3.63, 3.8) is 0 Å². The van der Waals surface area contributed by atoms with E-state index in [1.54, 1.807) is 38.4 Å². The van der Waals surface area contributed by atoms with E-state index in [1.165, 1.54) is 0 Å². The molecule has 9 heteroatoms. The van der Waals surface area contributed by atoms with Crippen molar-refractivity contribution in [3.8, 4) is 17.2 Å². The molecule has 7 nitrogen and oxygen atoms in total. The molecule has 2 aromatic rings. The molecule has 0 unspecified atom stereocenters. The summed E-state index contributed by atoms with van der Waals surface area (Å²) in [6.07, 6.45) is 0. The number of piperazine rings is 1. The second-order valence-electron chi connectivity index (χ2n) is 6.75. The molecular formula is C21H25Cl2N3O4. The first-order chi connectivity index (χ1) is 14.5. The Morgan fingerprint density at radius 3 is 2.13 bits per heavy atom. The highest BCUT2D eigenvalue weighted by Crippen LogP contribution is 2.41. The van der Waals surface area contributed by atoms with Crippen molar-refractivity contribution in [2.24, 2.45) is 0 Å². The number of nitrogens with one attached hydrogen (secondary N) is 1. The molecule has 1 saturated heterocycles. The van der Waals surface area contributed by atoms with E-state index in [2.05, 4.69) is 10.2 Å². The van der Waals surface area contributed by atoms with E-state index in [1.807, 2.05) is 18.2 Å². The Morgan fingerprint density at radius 2 is 1.60 bits per heavy atom. The minimum Gasteiger partial charge on any atom is -0.493 e. The quantitative estimate of drug-likeness (QED) is 0.714. The molecule has 2 aromatic carbocycles. The van der Waals surface area contributed by atoms with Gasteiger partial charge in [0.15, 0.2) is 11.5 Å². The number of anilines is 1. The third kappa shape index (κ3) is 4.96. The largest absolute Gasteiger partial charge is 0.493 e. The zero-order valence-corrected chi connectivity index (χ0v) is 18.7. The van der Waals surface area contributed by atoms with Crippen molar-refractivity contribution in [3.05, 3.63) is 45.9 Å². The summed E-state index contributed by atoms with van der Waals surface area (Å²) in [5, 5.41) is 4.02. The number of benzene rings is 2. The minimum absolute atomic E-state index is 0.120. The fourth-order valence-electron chi connectivity index (χ4n) is 3.37. The minimum atomic E-state index is -0.120. The average Bonchev–Trinajstić information content (AvgIpc) is 2.77.